The zero-order chi connectivity index (χ0) is 11.1. The molecule has 0 spiro atoms. The maximum atomic E-state index is 9.41. The first-order chi connectivity index (χ1) is 7.05. The number of hydrogen-bond acceptors (Lipinski definition) is 3. The Labute approximate surface area is 94.3 Å². The van der Waals surface area contributed by atoms with Crippen LogP contribution in [0.25, 0.3) is 0 Å². The number of nitrogens with zero attached hydrogens (tertiary/aromatic N) is 1. The fraction of sp³-hybridized carbons (Fsp3) is 0.545. The number of aromatic nitrogens is 1. The number of aliphatic hydroxyl groups is 1. The summed E-state index contributed by atoms with van der Waals surface area (Å²) in [5, 5.41) is 9.91. The maximum Gasteiger partial charge on any atom is 0.129 e. The van der Waals surface area contributed by atoms with Gasteiger partial charge in [-0.1, -0.05) is 11.6 Å². The van der Waals surface area contributed by atoms with Gasteiger partial charge in [0.05, 0.1) is 6.10 Å². The predicted molar refractivity (Wildman–Crippen MR) is 60.0 cm³/mol. The quantitative estimate of drug-likeness (QED) is 0.750. The highest BCUT2D eigenvalue weighted by atomic mass is 35.5. The lowest BCUT2D eigenvalue weighted by Gasteiger charge is -2.45. The van der Waals surface area contributed by atoms with Gasteiger partial charge < -0.3 is 10.8 Å². The Hall–Kier alpha value is -0.640. The first-order valence-electron chi connectivity index (χ1n) is 5.08. The zero-order valence-corrected chi connectivity index (χ0v) is 9.46. The summed E-state index contributed by atoms with van der Waals surface area (Å²) in [5.41, 5.74) is 7.70. The predicted octanol–water partition coefficient (Wildman–Crippen LogP) is 1.39. The Kier molecular flexibility index (Phi) is 2.71. The van der Waals surface area contributed by atoms with E-state index < -0.39 is 0 Å². The van der Waals surface area contributed by atoms with Crippen LogP contribution in [0.4, 0.5) is 0 Å². The summed E-state index contributed by atoms with van der Waals surface area (Å²) in [7, 11) is 0. The van der Waals surface area contributed by atoms with Crippen molar-refractivity contribution in [3.63, 3.8) is 0 Å². The summed E-state index contributed by atoms with van der Waals surface area (Å²) in [6, 6.07) is 3.86. The molecule has 1 aliphatic rings. The lowest BCUT2D eigenvalue weighted by atomic mass is 9.63. The molecule has 1 fully saturated rings. The Balaban J connectivity index is 2.35. The van der Waals surface area contributed by atoms with Crippen molar-refractivity contribution in [3.05, 3.63) is 28.5 Å². The molecule has 1 aromatic rings. The molecule has 1 heterocycles. The molecule has 82 valence electrons. The van der Waals surface area contributed by atoms with Crippen LogP contribution in [0.15, 0.2) is 12.1 Å². The lowest BCUT2D eigenvalue weighted by molar-refractivity contribution is 0.0221. The van der Waals surface area contributed by atoms with E-state index in [0.717, 1.165) is 24.1 Å². The molecular formula is C11H15ClN2O. The van der Waals surface area contributed by atoms with E-state index in [0.29, 0.717) is 11.7 Å². The van der Waals surface area contributed by atoms with Crippen LogP contribution in [0.1, 0.15) is 24.1 Å². The normalized spacial score (nSPS) is 30.0. The Bertz CT molecular complexity index is 355. The molecule has 0 bridgehead atoms. The van der Waals surface area contributed by atoms with E-state index in [1.54, 1.807) is 0 Å². The van der Waals surface area contributed by atoms with E-state index in [2.05, 4.69) is 4.98 Å². The molecule has 0 unspecified atom stereocenters. The van der Waals surface area contributed by atoms with Crippen molar-refractivity contribution < 1.29 is 5.11 Å². The van der Waals surface area contributed by atoms with Crippen LogP contribution in [0.3, 0.4) is 0 Å². The first kappa shape index (κ1) is 10.9. The standard InChI is InChI=1S/C11H15ClN2O/c1-7-2-8(3-10(12)14-7)11(6-13)4-9(15)5-11/h2-3,9,15H,4-6,13H2,1H3. The van der Waals surface area contributed by atoms with Gasteiger partial charge in [-0.05, 0) is 37.5 Å². The van der Waals surface area contributed by atoms with E-state index in [4.69, 9.17) is 17.3 Å². The molecule has 0 saturated heterocycles. The third-order valence-electron chi connectivity index (χ3n) is 3.18. The Morgan fingerprint density at radius 3 is 2.73 bits per heavy atom. The van der Waals surface area contributed by atoms with Crippen LogP contribution in [0.2, 0.25) is 5.15 Å². The number of aliphatic hydroxyl groups excluding tert-OH is 1. The topological polar surface area (TPSA) is 59.1 Å². The van der Waals surface area contributed by atoms with Crippen molar-refractivity contribution in [2.45, 2.75) is 31.3 Å². The van der Waals surface area contributed by atoms with Crippen LogP contribution in [0, 0.1) is 6.92 Å². The minimum Gasteiger partial charge on any atom is -0.393 e. The Morgan fingerprint density at radius 2 is 2.27 bits per heavy atom. The average Bonchev–Trinajstić information content (AvgIpc) is 2.10. The second kappa shape index (κ2) is 3.74. The van der Waals surface area contributed by atoms with Gasteiger partial charge in [-0.25, -0.2) is 4.98 Å². The summed E-state index contributed by atoms with van der Waals surface area (Å²) >= 11 is 5.92. The van der Waals surface area contributed by atoms with Crippen molar-refractivity contribution in [1.82, 2.24) is 4.98 Å². The fourth-order valence-electron chi connectivity index (χ4n) is 2.30. The summed E-state index contributed by atoms with van der Waals surface area (Å²) in [4.78, 5) is 4.12. The monoisotopic (exact) mass is 226 g/mol. The number of hydrogen-bond donors (Lipinski definition) is 2. The first-order valence-corrected chi connectivity index (χ1v) is 5.46. The van der Waals surface area contributed by atoms with E-state index in [1.807, 2.05) is 19.1 Å². The zero-order valence-electron chi connectivity index (χ0n) is 8.70. The van der Waals surface area contributed by atoms with Gasteiger partial charge in [0, 0.05) is 17.7 Å². The third-order valence-corrected chi connectivity index (χ3v) is 3.37. The molecule has 1 saturated carbocycles. The highest BCUT2D eigenvalue weighted by molar-refractivity contribution is 6.29. The summed E-state index contributed by atoms with van der Waals surface area (Å²) in [6.45, 7) is 2.46. The van der Waals surface area contributed by atoms with E-state index >= 15 is 0 Å². The molecule has 1 aromatic heterocycles. The summed E-state index contributed by atoms with van der Waals surface area (Å²) in [5.74, 6) is 0. The average molecular weight is 227 g/mol. The highest BCUT2D eigenvalue weighted by Crippen LogP contribution is 2.43. The molecule has 4 heteroatoms. The van der Waals surface area contributed by atoms with Crippen LogP contribution < -0.4 is 5.73 Å². The van der Waals surface area contributed by atoms with Gasteiger partial charge in [0.2, 0.25) is 0 Å². The maximum absolute atomic E-state index is 9.41. The van der Waals surface area contributed by atoms with Crippen LogP contribution in [-0.4, -0.2) is 22.7 Å². The van der Waals surface area contributed by atoms with Crippen LogP contribution in [0.5, 0.6) is 0 Å². The smallest absolute Gasteiger partial charge is 0.129 e. The lowest BCUT2D eigenvalue weighted by Crippen LogP contribution is -2.49. The molecule has 1 aliphatic carbocycles. The molecule has 0 amide bonds. The number of halogens is 1. The SMILES string of the molecule is Cc1cc(C2(CN)CC(O)C2)cc(Cl)n1. The second-order valence-corrected chi connectivity index (χ2v) is 4.75. The highest BCUT2D eigenvalue weighted by Gasteiger charge is 2.43. The number of nitrogens with two attached hydrogens (primary N) is 1. The van der Waals surface area contributed by atoms with E-state index in [9.17, 15) is 5.11 Å². The second-order valence-electron chi connectivity index (χ2n) is 4.37. The van der Waals surface area contributed by atoms with Crippen molar-refractivity contribution in [1.29, 1.82) is 0 Å². The minimum absolute atomic E-state index is 0.0866. The molecule has 3 nitrogen and oxygen atoms in total. The molecule has 2 rings (SSSR count). The molecule has 3 N–H and O–H groups in total. The van der Waals surface area contributed by atoms with Gasteiger partial charge in [-0.3, -0.25) is 0 Å². The third kappa shape index (κ3) is 1.87. The number of aryl methyl sites for hydroxylation is 1. The van der Waals surface area contributed by atoms with Gasteiger partial charge in [-0.15, -0.1) is 0 Å². The van der Waals surface area contributed by atoms with E-state index in [1.165, 1.54) is 0 Å². The largest absolute Gasteiger partial charge is 0.393 e. The summed E-state index contributed by atoms with van der Waals surface area (Å²) in [6.07, 6.45) is 1.23. The molecule has 0 aromatic carbocycles. The van der Waals surface area contributed by atoms with Gasteiger partial charge >= 0.3 is 0 Å². The molecule has 0 radical (unpaired) electrons. The van der Waals surface area contributed by atoms with E-state index in [-0.39, 0.29) is 11.5 Å². The van der Waals surface area contributed by atoms with Crippen molar-refractivity contribution in [3.8, 4) is 0 Å². The Morgan fingerprint density at radius 1 is 1.60 bits per heavy atom. The van der Waals surface area contributed by atoms with Crippen LogP contribution in [-0.2, 0) is 5.41 Å². The molecule has 15 heavy (non-hydrogen) atoms. The summed E-state index contributed by atoms with van der Waals surface area (Å²) < 4.78 is 0. The molecule has 0 atom stereocenters. The number of rotatable bonds is 2. The van der Waals surface area contributed by atoms with Gasteiger partial charge in [-0.2, -0.15) is 0 Å². The molecular weight excluding hydrogens is 212 g/mol. The van der Waals surface area contributed by atoms with Gasteiger partial charge in [0.15, 0.2) is 0 Å². The van der Waals surface area contributed by atoms with Crippen molar-refractivity contribution >= 4 is 11.6 Å². The van der Waals surface area contributed by atoms with Gasteiger partial charge in [0.25, 0.3) is 0 Å². The van der Waals surface area contributed by atoms with Crippen molar-refractivity contribution in [2.75, 3.05) is 6.54 Å². The fourth-order valence-corrected chi connectivity index (χ4v) is 2.55. The number of pyridine rings is 1. The van der Waals surface area contributed by atoms with Crippen molar-refractivity contribution in [2.24, 2.45) is 5.73 Å². The molecule has 0 aliphatic heterocycles. The van der Waals surface area contributed by atoms with Gasteiger partial charge in [0.1, 0.15) is 5.15 Å². The minimum atomic E-state index is -0.221. The van der Waals surface area contributed by atoms with Crippen LogP contribution >= 0.6 is 11.6 Å².